The molecule has 0 aliphatic rings. The Kier molecular flexibility index (Phi) is 4.56. The van der Waals surface area contributed by atoms with E-state index in [4.69, 9.17) is 0 Å². The van der Waals surface area contributed by atoms with Gasteiger partial charge in [-0.15, -0.1) is 11.3 Å². The second-order valence-electron chi connectivity index (χ2n) is 3.72. The van der Waals surface area contributed by atoms with E-state index >= 15 is 0 Å². The van der Waals surface area contributed by atoms with E-state index in [1.807, 2.05) is 0 Å². The molecular formula is C11H11N5O3S. The lowest BCUT2D eigenvalue weighted by Gasteiger charge is -2.04. The van der Waals surface area contributed by atoms with Gasteiger partial charge in [-0.05, 0) is 6.07 Å². The normalized spacial score (nSPS) is 10.0. The predicted octanol–water partition coefficient (Wildman–Crippen LogP) is 1.89. The molecule has 1 amide bonds. The number of hydrogen-bond acceptors (Lipinski definition) is 7. The maximum atomic E-state index is 11.5. The first-order valence-electron chi connectivity index (χ1n) is 5.69. The zero-order valence-electron chi connectivity index (χ0n) is 10.3. The van der Waals surface area contributed by atoms with Crippen molar-refractivity contribution in [3.8, 4) is 0 Å². The summed E-state index contributed by atoms with van der Waals surface area (Å²) in [6.45, 7) is 0.377. The first-order chi connectivity index (χ1) is 9.65. The van der Waals surface area contributed by atoms with E-state index < -0.39 is 4.92 Å². The Labute approximate surface area is 118 Å². The van der Waals surface area contributed by atoms with Crippen molar-refractivity contribution in [2.45, 2.75) is 6.42 Å². The number of carbonyl (C=O) groups excluding carboxylic acids is 1. The van der Waals surface area contributed by atoms with E-state index in [0.29, 0.717) is 17.5 Å². The van der Waals surface area contributed by atoms with Gasteiger partial charge in [0.1, 0.15) is 12.0 Å². The molecule has 104 valence electrons. The van der Waals surface area contributed by atoms with Crippen LogP contribution in [0.5, 0.6) is 0 Å². The number of nitro groups is 1. The maximum absolute atomic E-state index is 11.5. The second-order valence-corrected chi connectivity index (χ2v) is 4.62. The van der Waals surface area contributed by atoms with E-state index in [1.165, 1.54) is 23.5 Å². The average Bonchev–Trinajstić information content (AvgIpc) is 2.92. The Morgan fingerprint density at radius 1 is 1.40 bits per heavy atom. The third kappa shape index (κ3) is 3.99. The van der Waals surface area contributed by atoms with Gasteiger partial charge in [-0.2, -0.15) is 0 Å². The zero-order chi connectivity index (χ0) is 14.4. The number of thiazole rings is 1. The van der Waals surface area contributed by atoms with E-state index in [-0.39, 0.29) is 18.0 Å². The van der Waals surface area contributed by atoms with Gasteiger partial charge in [0, 0.05) is 30.6 Å². The number of nitrogens with zero attached hydrogens (tertiary/aromatic N) is 3. The number of aromatic nitrogens is 2. The van der Waals surface area contributed by atoms with Crippen LogP contribution in [0.2, 0.25) is 0 Å². The maximum Gasteiger partial charge on any atom is 0.287 e. The van der Waals surface area contributed by atoms with Crippen molar-refractivity contribution in [1.29, 1.82) is 0 Å². The molecule has 0 radical (unpaired) electrons. The topological polar surface area (TPSA) is 110 Å². The Bertz CT molecular complexity index is 585. The molecule has 2 heterocycles. The number of amides is 1. The highest BCUT2D eigenvalue weighted by atomic mass is 32.1. The summed E-state index contributed by atoms with van der Waals surface area (Å²) in [7, 11) is 0. The first-order valence-corrected chi connectivity index (χ1v) is 6.57. The fourth-order valence-corrected chi connectivity index (χ4v) is 1.91. The molecule has 0 aliphatic heterocycles. The molecule has 0 saturated heterocycles. The number of nitrogens with one attached hydrogen (secondary N) is 2. The lowest BCUT2D eigenvalue weighted by atomic mass is 10.3. The Balaban J connectivity index is 1.75. The summed E-state index contributed by atoms with van der Waals surface area (Å²) in [6.07, 6.45) is 3.02. The number of carbonyl (C=O) groups is 1. The minimum Gasteiger partial charge on any atom is -0.370 e. The summed E-state index contributed by atoms with van der Waals surface area (Å²) in [6, 6.07) is 2.85. The number of hydrogen-bond donors (Lipinski definition) is 2. The first kappa shape index (κ1) is 13.9. The lowest BCUT2D eigenvalue weighted by molar-refractivity contribution is -0.385. The standard InChI is InChI=1S/C11H11N5O3S/c17-10(15-11-13-5-6-20-11)3-4-12-9-2-1-8(7-14-9)16(18)19/h1-2,5-7H,3-4H2,(H,12,14)(H,13,15,17). The Morgan fingerprint density at radius 3 is 2.85 bits per heavy atom. The van der Waals surface area contributed by atoms with Crippen LogP contribution >= 0.6 is 11.3 Å². The van der Waals surface area contributed by atoms with E-state index in [1.54, 1.807) is 11.6 Å². The summed E-state index contributed by atoms with van der Waals surface area (Å²) in [5.41, 5.74) is -0.0722. The molecule has 8 nitrogen and oxygen atoms in total. The number of rotatable bonds is 6. The summed E-state index contributed by atoms with van der Waals surface area (Å²) < 4.78 is 0. The van der Waals surface area contributed by atoms with Crippen molar-refractivity contribution in [3.63, 3.8) is 0 Å². The fourth-order valence-electron chi connectivity index (χ4n) is 1.37. The smallest absolute Gasteiger partial charge is 0.287 e. The van der Waals surface area contributed by atoms with Crippen molar-refractivity contribution in [2.75, 3.05) is 17.2 Å². The highest BCUT2D eigenvalue weighted by Crippen LogP contribution is 2.12. The minimum atomic E-state index is -0.516. The van der Waals surface area contributed by atoms with Gasteiger partial charge in [-0.1, -0.05) is 0 Å². The van der Waals surface area contributed by atoms with Gasteiger partial charge in [0.05, 0.1) is 4.92 Å². The molecular weight excluding hydrogens is 282 g/mol. The van der Waals surface area contributed by atoms with Gasteiger partial charge < -0.3 is 10.6 Å². The summed E-state index contributed by atoms with van der Waals surface area (Å²) in [5.74, 6) is 0.326. The molecule has 0 atom stereocenters. The van der Waals surface area contributed by atoms with Crippen molar-refractivity contribution in [2.24, 2.45) is 0 Å². The SMILES string of the molecule is O=C(CCNc1ccc([N+](=O)[O-])cn1)Nc1nccs1. The third-order valence-electron chi connectivity index (χ3n) is 2.30. The van der Waals surface area contributed by atoms with Crippen LogP contribution in [0.15, 0.2) is 29.9 Å². The zero-order valence-corrected chi connectivity index (χ0v) is 11.1. The van der Waals surface area contributed by atoms with Crippen molar-refractivity contribution < 1.29 is 9.72 Å². The van der Waals surface area contributed by atoms with Crippen LogP contribution in [0.3, 0.4) is 0 Å². The van der Waals surface area contributed by atoms with E-state index in [2.05, 4.69) is 20.6 Å². The Hall–Kier alpha value is -2.55. The average molecular weight is 293 g/mol. The van der Waals surface area contributed by atoms with Crippen molar-refractivity contribution >= 4 is 33.9 Å². The van der Waals surface area contributed by atoms with Crippen LogP contribution in [0.1, 0.15) is 6.42 Å². The largest absolute Gasteiger partial charge is 0.370 e. The minimum absolute atomic E-state index is 0.0722. The van der Waals surface area contributed by atoms with Gasteiger partial charge in [-0.3, -0.25) is 14.9 Å². The molecule has 0 saturated carbocycles. The van der Waals surface area contributed by atoms with Crippen LogP contribution in [-0.2, 0) is 4.79 Å². The van der Waals surface area contributed by atoms with Crippen LogP contribution in [0, 0.1) is 10.1 Å². The molecule has 9 heteroatoms. The van der Waals surface area contributed by atoms with E-state index in [0.717, 1.165) is 6.20 Å². The van der Waals surface area contributed by atoms with Crippen molar-refractivity contribution in [3.05, 3.63) is 40.0 Å². The molecule has 2 N–H and O–H groups in total. The van der Waals surface area contributed by atoms with Crippen LogP contribution in [0.4, 0.5) is 16.6 Å². The molecule has 0 spiro atoms. The molecule has 0 bridgehead atoms. The fraction of sp³-hybridized carbons (Fsp3) is 0.182. The van der Waals surface area contributed by atoms with Crippen LogP contribution < -0.4 is 10.6 Å². The number of anilines is 2. The van der Waals surface area contributed by atoms with Gasteiger partial charge in [0.2, 0.25) is 5.91 Å². The lowest BCUT2D eigenvalue weighted by Crippen LogP contribution is -2.16. The highest BCUT2D eigenvalue weighted by Gasteiger charge is 2.06. The summed E-state index contributed by atoms with van der Waals surface area (Å²) in [4.78, 5) is 29.3. The summed E-state index contributed by atoms with van der Waals surface area (Å²) in [5, 5.41) is 18.3. The van der Waals surface area contributed by atoms with Gasteiger partial charge in [0.15, 0.2) is 5.13 Å². The molecule has 2 aromatic rings. The van der Waals surface area contributed by atoms with Crippen molar-refractivity contribution in [1.82, 2.24) is 9.97 Å². The van der Waals surface area contributed by atoms with Crippen LogP contribution in [0.25, 0.3) is 0 Å². The third-order valence-corrected chi connectivity index (χ3v) is 2.98. The molecule has 0 unspecified atom stereocenters. The highest BCUT2D eigenvalue weighted by molar-refractivity contribution is 7.13. The quantitative estimate of drug-likeness (QED) is 0.621. The monoisotopic (exact) mass is 293 g/mol. The molecule has 0 aliphatic carbocycles. The molecule has 2 aromatic heterocycles. The Morgan fingerprint density at radius 2 is 2.25 bits per heavy atom. The molecule has 2 rings (SSSR count). The number of pyridine rings is 1. The van der Waals surface area contributed by atoms with E-state index in [9.17, 15) is 14.9 Å². The van der Waals surface area contributed by atoms with Gasteiger partial charge in [-0.25, -0.2) is 9.97 Å². The summed E-state index contributed by atoms with van der Waals surface area (Å²) >= 11 is 1.35. The molecule has 20 heavy (non-hydrogen) atoms. The molecule has 0 fully saturated rings. The van der Waals surface area contributed by atoms with Gasteiger partial charge >= 0.3 is 0 Å². The van der Waals surface area contributed by atoms with Gasteiger partial charge in [0.25, 0.3) is 5.69 Å². The predicted molar refractivity (Wildman–Crippen MR) is 74.7 cm³/mol. The second kappa shape index (κ2) is 6.57. The van der Waals surface area contributed by atoms with Crippen LogP contribution in [-0.4, -0.2) is 27.3 Å². The molecule has 0 aromatic carbocycles.